The van der Waals surface area contributed by atoms with Gasteiger partial charge in [0.1, 0.15) is 17.2 Å². The molecule has 2 N–H and O–H groups in total. The zero-order valence-corrected chi connectivity index (χ0v) is 18.6. The Morgan fingerprint density at radius 3 is 2.97 bits per heavy atom. The predicted molar refractivity (Wildman–Crippen MR) is 125 cm³/mol. The van der Waals surface area contributed by atoms with Crippen molar-refractivity contribution in [3.63, 3.8) is 0 Å². The molecule has 3 heterocycles. The molecule has 1 atom stereocenters. The van der Waals surface area contributed by atoms with Gasteiger partial charge in [-0.1, -0.05) is 18.2 Å². The number of nitrogens with zero attached hydrogens (tertiary/aromatic N) is 2. The summed E-state index contributed by atoms with van der Waals surface area (Å²) in [5, 5.41) is 7.04. The maximum absolute atomic E-state index is 12.7. The van der Waals surface area contributed by atoms with Crippen LogP contribution in [0.15, 0.2) is 47.0 Å². The zero-order valence-electron chi connectivity index (χ0n) is 18.6. The van der Waals surface area contributed by atoms with E-state index in [1.807, 2.05) is 44.3 Å². The molecule has 1 aliphatic rings. The second-order valence-corrected chi connectivity index (χ2v) is 8.23. The van der Waals surface area contributed by atoms with E-state index in [9.17, 15) is 9.59 Å². The van der Waals surface area contributed by atoms with Gasteiger partial charge in [0.25, 0.3) is 0 Å². The fraction of sp³-hybridized carbons (Fsp3) is 0.320. The number of hydrogen-bond acceptors (Lipinski definition) is 5. The van der Waals surface area contributed by atoms with Gasteiger partial charge in [-0.2, -0.15) is 0 Å². The lowest BCUT2D eigenvalue weighted by molar-refractivity contribution is -0.125. The lowest BCUT2D eigenvalue weighted by Gasteiger charge is -2.24. The third-order valence-electron chi connectivity index (χ3n) is 5.93. The largest absolute Gasteiger partial charge is 0.459 e. The first-order chi connectivity index (χ1) is 15.5. The van der Waals surface area contributed by atoms with Gasteiger partial charge in [-0.15, -0.1) is 0 Å². The summed E-state index contributed by atoms with van der Waals surface area (Å²) in [5.41, 5.74) is 3.70. The van der Waals surface area contributed by atoms with Crippen LogP contribution in [-0.4, -0.2) is 42.3 Å². The molecule has 1 aromatic carbocycles. The summed E-state index contributed by atoms with van der Waals surface area (Å²) < 4.78 is 5.92. The smallest absolute Gasteiger partial charge is 0.246 e. The van der Waals surface area contributed by atoms with Crippen LogP contribution in [-0.2, 0) is 22.6 Å². The van der Waals surface area contributed by atoms with Gasteiger partial charge in [0.15, 0.2) is 0 Å². The van der Waals surface area contributed by atoms with Gasteiger partial charge in [0.2, 0.25) is 11.8 Å². The zero-order chi connectivity index (χ0) is 22.7. The molecule has 2 aromatic heterocycles. The number of benzene rings is 1. The Morgan fingerprint density at radius 1 is 1.38 bits per heavy atom. The molecule has 7 heteroatoms. The minimum absolute atomic E-state index is 0.0150. The summed E-state index contributed by atoms with van der Waals surface area (Å²) in [6.07, 6.45) is 6.39. The van der Waals surface area contributed by atoms with Crippen molar-refractivity contribution in [2.24, 2.45) is 5.92 Å². The number of fused-ring (bicyclic) bond motifs is 2. The fourth-order valence-corrected chi connectivity index (χ4v) is 3.98. The minimum Gasteiger partial charge on any atom is -0.459 e. The highest BCUT2D eigenvalue weighted by Gasteiger charge is 2.26. The monoisotopic (exact) mass is 432 g/mol. The number of aromatic nitrogens is 1. The van der Waals surface area contributed by atoms with E-state index in [1.165, 1.54) is 0 Å². The highest BCUT2D eigenvalue weighted by atomic mass is 16.3. The highest BCUT2D eigenvalue weighted by molar-refractivity contribution is 5.95. The van der Waals surface area contributed by atoms with Crippen LogP contribution in [0.1, 0.15) is 28.9 Å². The molecule has 0 aliphatic carbocycles. The number of likely N-dealkylation sites (N-methyl/N-ethyl adjacent to an activating group) is 1. The first kappa shape index (κ1) is 21.8. The van der Waals surface area contributed by atoms with Crippen LogP contribution in [0.25, 0.3) is 17.0 Å². The number of hydrogen-bond donors (Lipinski definition) is 2. The van der Waals surface area contributed by atoms with Crippen LogP contribution >= 0.6 is 0 Å². The number of furan rings is 1. The number of nitrogens with one attached hydrogen (secondary N) is 2. The molecule has 0 saturated carbocycles. The van der Waals surface area contributed by atoms with E-state index in [0.29, 0.717) is 18.8 Å². The Bertz CT molecular complexity index is 1180. The predicted octanol–water partition coefficient (Wildman–Crippen LogP) is 3.53. The lowest BCUT2D eigenvalue weighted by atomic mass is 9.92. The van der Waals surface area contributed by atoms with Gasteiger partial charge in [0.05, 0.1) is 6.54 Å². The average Bonchev–Trinajstić information content (AvgIpc) is 3.11. The number of aryl methyl sites for hydroxylation is 1. The van der Waals surface area contributed by atoms with Crippen LogP contribution in [0.3, 0.4) is 0 Å². The van der Waals surface area contributed by atoms with E-state index >= 15 is 0 Å². The fourth-order valence-electron chi connectivity index (χ4n) is 3.98. The molecule has 166 valence electrons. The maximum Gasteiger partial charge on any atom is 0.246 e. The van der Waals surface area contributed by atoms with Crippen molar-refractivity contribution in [3.05, 3.63) is 65.1 Å². The topological polar surface area (TPSA) is 87.5 Å². The summed E-state index contributed by atoms with van der Waals surface area (Å²) in [4.78, 5) is 30.9. The molecule has 7 nitrogen and oxygen atoms in total. The Kier molecular flexibility index (Phi) is 6.37. The normalized spacial score (nSPS) is 15.7. The van der Waals surface area contributed by atoms with Gasteiger partial charge in [0, 0.05) is 36.2 Å². The van der Waals surface area contributed by atoms with Gasteiger partial charge in [-0.05, 0) is 62.7 Å². The van der Waals surface area contributed by atoms with Crippen LogP contribution in [0.5, 0.6) is 0 Å². The number of anilines is 1. The van der Waals surface area contributed by atoms with Crippen molar-refractivity contribution in [2.45, 2.75) is 26.3 Å². The summed E-state index contributed by atoms with van der Waals surface area (Å²) >= 11 is 0. The second kappa shape index (κ2) is 9.36. The molecular weight excluding hydrogens is 404 g/mol. The SMILES string of the molecule is CNCCC1Cc2cc(/C=C/C(=O)N(C)Cc3oc4ccccc4c3C)cnc2NC1=O. The molecule has 0 bridgehead atoms. The van der Waals surface area contributed by atoms with Crippen molar-refractivity contribution in [1.29, 1.82) is 0 Å². The molecule has 0 spiro atoms. The van der Waals surface area contributed by atoms with Gasteiger partial charge >= 0.3 is 0 Å². The van der Waals surface area contributed by atoms with Gasteiger partial charge < -0.3 is 20.0 Å². The summed E-state index contributed by atoms with van der Waals surface area (Å²) in [6.45, 7) is 3.19. The van der Waals surface area contributed by atoms with Gasteiger partial charge in [-0.3, -0.25) is 9.59 Å². The second-order valence-electron chi connectivity index (χ2n) is 8.23. The molecule has 32 heavy (non-hydrogen) atoms. The average molecular weight is 433 g/mol. The maximum atomic E-state index is 12.7. The van der Waals surface area contributed by atoms with Crippen molar-refractivity contribution in [2.75, 3.05) is 26.0 Å². The van der Waals surface area contributed by atoms with E-state index in [4.69, 9.17) is 4.42 Å². The molecule has 1 unspecified atom stereocenters. The number of carbonyl (C=O) groups excluding carboxylic acids is 2. The quantitative estimate of drug-likeness (QED) is 0.558. The van der Waals surface area contributed by atoms with E-state index in [1.54, 1.807) is 30.3 Å². The number of carbonyl (C=O) groups is 2. The Hall–Kier alpha value is -3.45. The van der Waals surface area contributed by atoms with Crippen molar-refractivity contribution < 1.29 is 14.0 Å². The lowest BCUT2D eigenvalue weighted by Crippen LogP contribution is -2.32. The molecule has 3 aromatic rings. The van der Waals surface area contributed by atoms with Crippen molar-refractivity contribution in [1.82, 2.24) is 15.2 Å². The Balaban J connectivity index is 1.43. The highest BCUT2D eigenvalue weighted by Crippen LogP contribution is 2.27. The van der Waals surface area contributed by atoms with Crippen LogP contribution in [0.4, 0.5) is 5.82 Å². The standard InChI is InChI=1S/C25H28N4O3/c1-16-20-6-4-5-7-21(20)32-22(16)15-29(3)23(30)9-8-17-12-19-13-18(10-11-26-2)25(31)28-24(19)27-14-17/h4-9,12,14,18,26H,10-11,13,15H2,1-3H3,(H,27,28,31)/b9-8+. The van der Waals surface area contributed by atoms with Gasteiger partial charge in [-0.25, -0.2) is 4.98 Å². The van der Waals surface area contributed by atoms with Crippen LogP contribution in [0, 0.1) is 12.8 Å². The molecule has 4 rings (SSSR count). The molecule has 1 aliphatic heterocycles. The van der Waals surface area contributed by atoms with E-state index < -0.39 is 0 Å². The number of pyridine rings is 1. The summed E-state index contributed by atoms with van der Waals surface area (Å²) in [5.74, 6) is 1.21. The van der Waals surface area contributed by atoms with E-state index in [2.05, 4.69) is 15.6 Å². The molecule has 2 amide bonds. The molecular formula is C25H28N4O3. The van der Waals surface area contributed by atoms with Crippen LogP contribution in [0.2, 0.25) is 0 Å². The first-order valence-corrected chi connectivity index (χ1v) is 10.8. The summed E-state index contributed by atoms with van der Waals surface area (Å²) in [7, 11) is 3.63. The molecule has 0 fully saturated rings. The number of amides is 2. The third-order valence-corrected chi connectivity index (χ3v) is 5.93. The number of rotatable bonds is 7. The van der Waals surface area contributed by atoms with E-state index in [-0.39, 0.29) is 17.7 Å². The summed E-state index contributed by atoms with van der Waals surface area (Å²) in [6, 6.07) is 9.86. The van der Waals surface area contributed by atoms with Crippen molar-refractivity contribution >= 4 is 34.7 Å². The Labute approximate surface area is 187 Å². The minimum atomic E-state index is -0.122. The molecule has 0 radical (unpaired) electrons. The number of para-hydroxylation sites is 1. The van der Waals surface area contributed by atoms with E-state index in [0.717, 1.165) is 46.4 Å². The molecule has 0 saturated heterocycles. The third kappa shape index (κ3) is 4.57. The first-order valence-electron chi connectivity index (χ1n) is 10.8. The van der Waals surface area contributed by atoms with Crippen LogP contribution < -0.4 is 10.6 Å². The van der Waals surface area contributed by atoms with Crippen molar-refractivity contribution in [3.8, 4) is 0 Å². The Morgan fingerprint density at radius 2 is 2.19 bits per heavy atom.